The highest BCUT2D eigenvalue weighted by molar-refractivity contribution is 5.96. The highest BCUT2D eigenvalue weighted by Gasteiger charge is 2.18. The summed E-state index contributed by atoms with van der Waals surface area (Å²) < 4.78 is 7.17. The highest BCUT2D eigenvalue weighted by atomic mass is 16.6. The smallest absolute Gasteiger partial charge is 0.340 e. The summed E-state index contributed by atoms with van der Waals surface area (Å²) in [7, 11) is 0. The average Bonchev–Trinajstić information content (AvgIpc) is 3.01. The molecule has 154 valence electrons. The van der Waals surface area contributed by atoms with Crippen molar-refractivity contribution in [1.29, 1.82) is 0 Å². The van der Waals surface area contributed by atoms with Gasteiger partial charge in [-0.05, 0) is 37.6 Å². The quantitative estimate of drug-likeness (QED) is 0.364. The van der Waals surface area contributed by atoms with Crippen LogP contribution in [0.1, 0.15) is 27.3 Å². The van der Waals surface area contributed by atoms with Gasteiger partial charge in [-0.3, -0.25) is 14.9 Å². The largest absolute Gasteiger partial charge is 0.452 e. The minimum absolute atomic E-state index is 0.0784. The number of non-ortho nitro benzene ring substituents is 1. The number of carbonyl (C=O) groups excluding carboxylic acids is 2. The number of aromatic nitrogens is 1. The molecule has 1 heterocycles. The summed E-state index contributed by atoms with van der Waals surface area (Å²) in [5, 5.41) is 13.2. The average molecular weight is 407 g/mol. The minimum atomic E-state index is -0.582. The fraction of sp³-hybridized carbons (Fsp3) is 0.182. The molecule has 1 N–H and O–H groups in total. The summed E-state index contributed by atoms with van der Waals surface area (Å²) in [6.07, 6.45) is 0. The standard InChI is InChI=1S/C22H21N3O5/c1-15-12-20(16(2)24(15)13-17-6-4-3-5-7-17)22(27)30-14-21(26)23-18-8-10-19(11-9-18)25(28)29/h3-12H,13-14H2,1-2H3,(H,23,26). The Morgan fingerprint density at radius 1 is 1.07 bits per heavy atom. The second-order valence-electron chi connectivity index (χ2n) is 6.78. The third kappa shape index (κ3) is 4.91. The molecule has 1 amide bonds. The molecular weight excluding hydrogens is 386 g/mol. The molecule has 2 aromatic carbocycles. The van der Waals surface area contributed by atoms with Gasteiger partial charge in [0.2, 0.25) is 0 Å². The van der Waals surface area contributed by atoms with Crippen molar-refractivity contribution in [1.82, 2.24) is 4.57 Å². The number of hydrogen-bond acceptors (Lipinski definition) is 5. The zero-order valence-electron chi connectivity index (χ0n) is 16.6. The van der Waals surface area contributed by atoms with Gasteiger partial charge in [0, 0.05) is 35.8 Å². The third-order valence-electron chi connectivity index (χ3n) is 4.67. The number of amides is 1. The van der Waals surface area contributed by atoms with E-state index in [9.17, 15) is 19.7 Å². The second kappa shape index (κ2) is 9.04. The number of nitrogens with zero attached hydrogens (tertiary/aromatic N) is 2. The molecule has 30 heavy (non-hydrogen) atoms. The lowest BCUT2D eigenvalue weighted by molar-refractivity contribution is -0.384. The second-order valence-corrected chi connectivity index (χ2v) is 6.78. The first-order chi connectivity index (χ1) is 14.3. The Balaban J connectivity index is 1.60. The van der Waals surface area contributed by atoms with Crippen LogP contribution in [0, 0.1) is 24.0 Å². The van der Waals surface area contributed by atoms with Gasteiger partial charge in [-0.1, -0.05) is 30.3 Å². The van der Waals surface area contributed by atoms with Gasteiger partial charge in [0.05, 0.1) is 10.5 Å². The number of nitro benzene ring substituents is 1. The summed E-state index contributed by atoms with van der Waals surface area (Å²) in [6.45, 7) is 3.92. The predicted octanol–water partition coefficient (Wildman–Crippen LogP) is 3.86. The number of esters is 1. The lowest BCUT2D eigenvalue weighted by Crippen LogP contribution is -2.21. The Bertz CT molecular complexity index is 1070. The van der Waals surface area contributed by atoms with Gasteiger partial charge in [-0.25, -0.2) is 4.79 Å². The Labute approximate surface area is 173 Å². The first-order valence-corrected chi connectivity index (χ1v) is 9.27. The van der Waals surface area contributed by atoms with E-state index in [0.717, 1.165) is 17.0 Å². The van der Waals surface area contributed by atoms with Crippen molar-refractivity contribution in [2.24, 2.45) is 0 Å². The number of benzene rings is 2. The van der Waals surface area contributed by atoms with Crippen molar-refractivity contribution >= 4 is 23.3 Å². The molecule has 0 aliphatic heterocycles. The summed E-state index contributed by atoms with van der Waals surface area (Å²) in [4.78, 5) is 34.6. The number of aryl methyl sites for hydroxylation is 1. The molecule has 8 heteroatoms. The molecule has 0 spiro atoms. The van der Waals surface area contributed by atoms with Gasteiger partial charge in [0.25, 0.3) is 11.6 Å². The van der Waals surface area contributed by atoms with E-state index >= 15 is 0 Å². The molecule has 0 aliphatic rings. The normalized spacial score (nSPS) is 10.5. The van der Waals surface area contributed by atoms with E-state index in [-0.39, 0.29) is 5.69 Å². The number of ether oxygens (including phenoxy) is 1. The Kier molecular flexibility index (Phi) is 6.26. The van der Waals surface area contributed by atoms with Crippen LogP contribution in [0.15, 0.2) is 60.7 Å². The van der Waals surface area contributed by atoms with Crippen LogP contribution >= 0.6 is 0 Å². The summed E-state index contributed by atoms with van der Waals surface area (Å²) >= 11 is 0. The number of nitro groups is 1. The van der Waals surface area contributed by atoms with Gasteiger partial charge in [0.1, 0.15) is 0 Å². The number of carbonyl (C=O) groups is 2. The van der Waals surface area contributed by atoms with Gasteiger partial charge < -0.3 is 14.6 Å². The molecule has 8 nitrogen and oxygen atoms in total. The van der Waals surface area contributed by atoms with Crippen LogP contribution in [0.25, 0.3) is 0 Å². The molecule has 0 fully saturated rings. The monoisotopic (exact) mass is 407 g/mol. The summed E-state index contributed by atoms with van der Waals surface area (Å²) in [5.74, 6) is -1.11. The van der Waals surface area contributed by atoms with Crippen molar-refractivity contribution < 1.29 is 19.2 Å². The van der Waals surface area contributed by atoms with E-state index in [4.69, 9.17) is 4.74 Å². The number of anilines is 1. The number of nitrogens with one attached hydrogen (secondary N) is 1. The molecule has 1 aromatic heterocycles. The zero-order valence-corrected chi connectivity index (χ0v) is 16.6. The van der Waals surface area contributed by atoms with Crippen molar-refractivity contribution in [2.75, 3.05) is 11.9 Å². The molecule has 0 saturated carbocycles. The fourth-order valence-electron chi connectivity index (χ4n) is 3.09. The molecule has 0 atom stereocenters. The van der Waals surface area contributed by atoms with E-state index in [1.54, 1.807) is 6.07 Å². The Morgan fingerprint density at radius 3 is 2.37 bits per heavy atom. The van der Waals surface area contributed by atoms with E-state index in [1.807, 2.05) is 48.7 Å². The molecule has 0 saturated heterocycles. The Hall–Kier alpha value is -3.94. The molecule has 0 radical (unpaired) electrons. The summed E-state index contributed by atoms with van der Waals surface area (Å²) in [6, 6.07) is 17.0. The summed E-state index contributed by atoms with van der Waals surface area (Å²) in [5.41, 5.74) is 3.50. The zero-order chi connectivity index (χ0) is 21.7. The minimum Gasteiger partial charge on any atom is -0.452 e. The fourth-order valence-corrected chi connectivity index (χ4v) is 3.09. The predicted molar refractivity (Wildman–Crippen MR) is 111 cm³/mol. The first kappa shape index (κ1) is 20.8. The van der Waals surface area contributed by atoms with Crippen LogP contribution in [-0.4, -0.2) is 28.0 Å². The van der Waals surface area contributed by atoms with Gasteiger partial charge in [0.15, 0.2) is 6.61 Å². The van der Waals surface area contributed by atoms with Crippen LogP contribution in [0.3, 0.4) is 0 Å². The molecule has 0 unspecified atom stereocenters. The molecule has 3 rings (SSSR count). The van der Waals surface area contributed by atoms with Crippen LogP contribution < -0.4 is 5.32 Å². The topological polar surface area (TPSA) is 103 Å². The maximum atomic E-state index is 12.5. The lowest BCUT2D eigenvalue weighted by atomic mass is 10.2. The van der Waals surface area contributed by atoms with Crippen molar-refractivity contribution in [2.45, 2.75) is 20.4 Å². The molecular formula is C22H21N3O5. The third-order valence-corrected chi connectivity index (χ3v) is 4.67. The van der Waals surface area contributed by atoms with Gasteiger partial charge >= 0.3 is 5.97 Å². The van der Waals surface area contributed by atoms with Crippen molar-refractivity contribution in [3.63, 3.8) is 0 Å². The van der Waals surface area contributed by atoms with Crippen LogP contribution in [0.4, 0.5) is 11.4 Å². The van der Waals surface area contributed by atoms with Gasteiger partial charge in [-0.2, -0.15) is 0 Å². The van der Waals surface area contributed by atoms with E-state index in [0.29, 0.717) is 17.8 Å². The van der Waals surface area contributed by atoms with Crippen molar-refractivity contribution in [3.8, 4) is 0 Å². The molecule has 0 aliphatic carbocycles. The maximum Gasteiger partial charge on any atom is 0.340 e. The van der Waals surface area contributed by atoms with Gasteiger partial charge in [-0.15, -0.1) is 0 Å². The highest BCUT2D eigenvalue weighted by Crippen LogP contribution is 2.19. The Morgan fingerprint density at radius 2 is 1.73 bits per heavy atom. The van der Waals surface area contributed by atoms with E-state index < -0.39 is 23.4 Å². The van der Waals surface area contributed by atoms with Crippen molar-refractivity contribution in [3.05, 3.63) is 93.3 Å². The number of rotatable bonds is 7. The number of hydrogen-bond donors (Lipinski definition) is 1. The van der Waals surface area contributed by atoms with Crippen LogP contribution in [-0.2, 0) is 16.1 Å². The lowest BCUT2D eigenvalue weighted by Gasteiger charge is -2.10. The molecule has 0 bridgehead atoms. The molecule has 3 aromatic rings. The SMILES string of the molecule is Cc1cc(C(=O)OCC(=O)Nc2ccc([N+](=O)[O-])cc2)c(C)n1Cc1ccccc1. The van der Waals surface area contributed by atoms with E-state index in [2.05, 4.69) is 5.32 Å². The van der Waals surface area contributed by atoms with Crippen LogP contribution in [0.2, 0.25) is 0 Å². The van der Waals surface area contributed by atoms with E-state index in [1.165, 1.54) is 24.3 Å². The first-order valence-electron chi connectivity index (χ1n) is 9.27. The maximum absolute atomic E-state index is 12.5. The van der Waals surface area contributed by atoms with Crippen LogP contribution in [0.5, 0.6) is 0 Å².